The zero-order valence-corrected chi connectivity index (χ0v) is 15.3. The lowest BCUT2D eigenvalue weighted by atomic mass is 10.1. The van der Waals surface area contributed by atoms with Gasteiger partial charge in [0.25, 0.3) is 0 Å². The third kappa shape index (κ3) is 7.26. The first-order valence-corrected chi connectivity index (χ1v) is 9.26. The van der Waals surface area contributed by atoms with Crippen molar-refractivity contribution in [3.63, 3.8) is 0 Å². The Hall–Kier alpha value is -1.09. The van der Waals surface area contributed by atoms with Gasteiger partial charge in [0.15, 0.2) is 5.11 Å². The fourth-order valence-electron chi connectivity index (χ4n) is 2.35. The molecule has 0 radical (unpaired) electrons. The predicted octanol–water partition coefficient (Wildman–Crippen LogP) is 5.63. The Labute approximate surface area is 142 Å². The number of anilines is 1. The zero-order chi connectivity index (χ0) is 16.2. The number of rotatable bonds is 10. The van der Waals surface area contributed by atoms with Crippen molar-refractivity contribution in [3.05, 3.63) is 29.8 Å². The molecule has 0 saturated heterocycles. The Kier molecular flexibility index (Phi) is 9.89. The largest absolute Gasteiger partial charge is 0.349 e. The Morgan fingerprint density at radius 3 is 1.95 bits per heavy atom. The fraction of sp³-hybridized carbons (Fsp3) is 0.632. The lowest BCUT2D eigenvalue weighted by molar-refractivity contribution is 0.403. The molecule has 0 unspecified atom stereocenters. The number of thiocarbonyl (C=S) groups is 1. The molecule has 22 heavy (non-hydrogen) atoms. The SMILES string of the molecule is CCCCc1ccc(NC(=S)N(CCCC)CCCC)cc1. The number of unbranched alkanes of at least 4 members (excludes halogenated alkanes) is 3. The van der Waals surface area contributed by atoms with Crippen molar-refractivity contribution >= 4 is 23.0 Å². The molecule has 0 fully saturated rings. The van der Waals surface area contributed by atoms with Crippen LogP contribution in [0, 0.1) is 0 Å². The Balaban J connectivity index is 2.55. The van der Waals surface area contributed by atoms with Gasteiger partial charge < -0.3 is 10.2 Å². The average molecular weight is 321 g/mol. The Morgan fingerprint density at radius 1 is 0.909 bits per heavy atom. The minimum atomic E-state index is 0.864. The second-order valence-electron chi connectivity index (χ2n) is 5.92. The molecule has 1 aromatic rings. The van der Waals surface area contributed by atoms with Crippen molar-refractivity contribution in [3.8, 4) is 0 Å². The Morgan fingerprint density at radius 2 is 1.45 bits per heavy atom. The van der Waals surface area contributed by atoms with E-state index in [0.29, 0.717) is 0 Å². The van der Waals surface area contributed by atoms with E-state index >= 15 is 0 Å². The minimum Gasteiger partial charge on any atom is -0.349 e. The summed E-state index contributed by atoms with van der Waals surface area (Å²) in [5.41, 5.74) is 2.51. The van der Waals surface area contributed by atoms with E-state index < -0.39 is 0 Å². The summed E-state index contributed by atoms with van der Waals surface area (Å²) >= 11 is 5.60. The first-order chi connectivity index (χ1) is 10.7. The van der Waals surface area contributed by atoms with Gasteiger partial charge in [-0.2, -0.15) is 0 Å². The van der Waals surface area contributed by atoms with Gasteiger partial charge >= 0.3 is 0 Å². The summed E-state index contributed by atoms with van der Waals surface area (Å²) in [6, 6.07) is 8.72. The topological polar surface area (TPSA) is 15.3 Å². The molecule has 1 aromatic carbocycles. The van der Waals surface area contributed by atoms with E-state index in [4.69, 9.17) is 12.2 Å². The van der Waals surface area contributed by atoms with Crippen molar-refractivity contribution in [2.75, 3.05) is 18.4 Å². The molecule has 0 spiro atoms. The van der Waals surface area contributed by atoms with Crippen molar-refractivity contribution in [2.24, 2.45) is 0 Å². The van der Waals surface area contributed by atoms with Crippen LogP contribution in [0.25, 0.3) is 0 Å². The highest BCUT2D eigenvalue weighted by Gasteiger charge is 2.08. The van der Waals surface area contributed by atoms with Gasteiger partial charge in [-0.1, -0.05) is 52.2 Å². The molecule has 0 saturated carbocycles. The monoisotopic (exact) mass is 320 g/mol. The summed E-state index contributed by atoms with van der Waals surface area (Å²) < 4.78 is 0. The van der Waals surface area contributed by atoms with Crippen LogP contribution in [0.2, 0.25) is 0 Å². The summed E-state index contributed by atoms with van der Waals surface area (Å²) in [5.74, 6) is 0. The molecule has 0 aliphatic heterocycles. The maximum absolute atomic E-state index is 5.60. The molecule has 124 valence electrons. The number of nitrogens with one attached hydrogen (secondary N) is 1. The molecular formula is C19H32N2S. The summed E-state index contributed by atoms with van der Waals surface area (Å²) in [5, 5.41) is 4.26. The van der Waals surface area contributed by atoms with Crippen LogP contribution >= 0.6 is 12.2 Å². The van der Waals surface area contributed by atoms with E-state index in [1.165, 1.54) is 50.5 Å². The lowest BCUT2D eigenvalue weighted by Gasteiger charge is -2.25. The van der Waals surface area contributed by atoms with E-state index in [1.54, 1.807) is 0 Å². The summed E-state index contributed by atoms with van der Waals surface area (Å²) in [4.78, 5) is 2.31. The van der Waals surface area contributed by atoms with Crippen molar-refractivity contribution in [1.29, 1.82) is 0 Å². The van der Waals surface area contributed by atoms with Crippen molar-refractivity contribution in [2.45, 2.75) is 65.7 Å². The van der Waals surface area contributed by atoms with Gasteiger partial charge in [-0.05, 0) is 55.6 Å². The molecule has 1 rings (SSSR count). The van der Waals surface area contributed by atoms with Crippen LogP contribution in [0.15, 0.2) is 24.3 Å². The molecular weight excluding hydrogens is 288 g/mol. The van der Waals surface area contributed by atoms with Gasteiger partial charge in [0.2, 0.25) is 0 Å². The third-order valence-electron chi connectivity index (χ3n) is 3.87. The Bertz CT molecular complexity index is 406. The van der Waals surface area contributed by atoms with Crippen LogP contribution in [-0.2, 0) is 6.42 Å². The fourth-order valence-corrected chi connectivity index (χ4v) is 2.65. The van der Waals surface area contributed by atoms with Crippen LogP contribution in [-0.4, -0.2) is 23.1 Å². The van der Waals surface area contributed by atoms with Crippen molar-refractivity contribution < 1.29 is 0 Å². The minimum absolute atomic E-state index is 0.864. The molecule has 0 aromatic heterocycles. The van der Waals surface area contributed by atoms with Gasteiger partial charge in [0.1, 0.15) is 0 Å². The molecule has 3 heteroatoms. The first kappa shape index (κ1) is 19.0. The van der Waals surface area contributed by atoms with Gasteiger partial charge in [-0.25, -0.2) is 0 Å². The number of aryl methyl sites for hydroxylation is 1. The lowest BCUT2D eigenvalue weighted by Crippen LogP contribution is -2.36. The normalized spacial score (nSPS) is 10.5. The summed E-state index contributed by atoms with van der Waals surface area (Å²) in [6.07, 6.45) is 8.47. The number of hydrogen-bond donors (Lipinski definition) is 1. The highest BCUT2D eigenvalue weighted by atomic mass is 32.1. The van der Waals surface area contributed by atoms with Crippen molar-refractivity contribution in [1.82, 2.24) is 4.90 Å². The van der Waals surface area contributed by atoms with E-state index in [9.17, 15) is 0 Å². The summed E-state index contributed by atoms with van der Waals surface area (Å²) in [6.45, 7) is 8.79. The van der Waals surface area contributed by atoms with Crippen LogP contribution in [0.3, 0.4) is 0 Å². The van der Waals surface area contributed by atoms with E-state index in [1.807, 2.05) is 0 Å². The first-order valence-electron chi connectivity index (χ1n) is 8.86. The molecule has 0 aliphatic carbocycles. The smallest absolute Gasteiger partial charge is 0.173 e. The predicted molar refractivity (Wildman–Crippen MR) is 103 cm³/mol. The highest BCUT2D eigenvalue weighted by Crippen LogP contribution is 2.13. The third-order valence-corrected chi connectivity index (χ3v) is 4.23. The quantitative estimate of drug-likeness (QED) is 0.563. The van der Waals surface area contributed by atoms with Gasteiger partial charge in [-0.3, -0.25) is 0 Å². The maximum Gasteiger partial charge on any atom is 0.173 e. The molecule has 1 N–H and O–H groups in total. The number of benzene rings is 1. The van der Waals surface area contributed by atoms with E-state index in [2.05, 4.69) is 55.3 Å². The molecule has 0 bridgehead atoms. The van der Waals surface area contributed by atoms with Crippen LogP contribution in [0.4, 0.5) is 5.69 Å². The highest BCUT2D eigenvalue weighted by molar-refractivity contribution is 7.80. The molecule has 0 atom stereocenters. The standard InChI is InChI=1S/C19H32N2S/c1-4-7-10-17-11-13-18(14-12-17)20-19(22)21(15-8-5-2)16-9-6-3/h11-14H,4-10,15-16H2,1-3H3,(H,20,22). The molecule has 0 amide bonds. The van der Waals surface area contributed by atoms with Crippen LogP contribution in [0.5, 0.6) is 0 Å². The van der Waals surface area contributed by atoms with E-state index in [-0.39, 0.29) is 0 Å². The number of nitrogens with zero attached hydrogens (tertiary/aromatic N) is 1. The second kappa shape index (κ2) is 11.5. The van der Waals surface area contributed by atoms with Crippen LogP contribution < -0.4 is 5.32 Å². The maximum atomic E-state index is 5.60. The van der Waals surface area contributed by atoms with Gasteiger partial charge in [0.05, 0.1) is 0 Å². The second-order valence-corrected chi connectivity index (χ2v) is 6.31. The van der Waals surface area contributed by atoms with Gasteiger partial charge in [0, 0.05) is 18.8 Å². The van der Waals surface area contributed by atoms with Crippen LogP contribution in [0.1, 0.15) is 64.9 Å². The zero-order valence-electron chi connectivity index (χ0n) is 14.5. The van der Waals surface area contributed by atoms with Gasteiger partial charge in [-0.15, -0.1) is 0 Å². The molecule has 0 heterocycles. The average Bonchev–Trinajstić information content (AvgIpc) is 2.54. The van der Waals surface area contributed by atoms with E-state index in [0.717, 1.165) is 23.9 Å². The molecule has 2 nitrogen and oxygen atoms in total. The number of hydrogen-bond acceptors (Lipinski definition) is 1. The summed E-state index contributed by atoms with van der Waals surface area (Å²) in [7, 11) is 0. The molecule has 0 aliphatic rings.